The Bertz CT molecular complexity index is 1560. The van der Waals surface area contributed by atoms with Crippen molar-refractivity contribution in [2.45, 2.75) is 102 Å². The van der Waals surface area contributed by atoms with Gasteiger partial charge >= 0.3 is 11.9 Å². The molecule has 15 atom stereocenters. The summed E-state index contributed by atoms with van der Waals surface area (Å²) in [5.41, 5.74) is 0.381. The van der Waals surface area contributed by atoms with Crippen LogP contribution >= 0.6 is 0 Å². The molecule has 3 aliphatic carbocycles. The van der Waals surface area contributed by atoms with Crippen molar-refractivity contribution < 1.29 is 43.6 Å². The number of aryl methyl sites for hydroxylation is 1. The first-order valence-electron chi connectivity index (χ1n) is 17.8. The number of allylic oxidation sites excluding steroid dienone is 1. The fourth-order valence-corrected chi connectivity index (χ4v) is 10.7. The standard InChI is InChI=1S/C36H50N4O9/c1-16-13-21-28(32(44)17(2)31(21)43)27-20(16)14-22-29(27)30-34(46)47-24-7-9-35(22,5)49-36(30,18(24)3)48-33(45)23(15-25-38-11-12-40(25)6)39-26(42)8-10-37-19(4)41/h11-13,17-18,20-24,27-32,43-44H,7-10,14-15H2,1-6H3,(H,37,41)(H,39,42)/t17-,18+,20-,21+,22+,23-,24-,27-,28-,29+,30-,31-,32?,35-,36+/m0/s1. The number of aliphatic hydroxyl groups excluding tert-OH is 2. The van der Waals surface area contributed by atoms with E-state index in [0.29, 0.717) is 18.7 Å². The second-order valence-corrected chi connectivity index (χ2v) is 15.9. The van der Waals surface area contributed by atoms with Crippen LogP contribution in [0.3, 0.4) is 0 Å². The molecular formula is C36H50N4O9. The van der Waals surface area contributed by atoms with Crippen LogP contribution in [0.4, 0.5) is 0 Å². The SMILES string of the molecule is CC(=O)NCCC(=O)N[C@@H](Cc1nccn1C)C(=O)O[C@]12O[C@@]3(C)CC[C@H](OC(=O)[C@@H]1[C@H]1[C@@H]4[C@H]5C(O)[C@@H](C)[C@H](O)[C@@H]5C=C(C)[C@@H]4C[C@H]13)[C@H]2C. The Kier molecular flexibility index (Phi) is 8.50. The summed E-state index contributed by atoms with van der Waals surface area (Å²) >= 11 is 0. The van der Waals surface area contributed by atoms with Crippen molar-refractivity contribution in [3.05, 3.63) is 29.9 Å². The zero-order valence-electron chi connectivity index (χ0n) is 29.1. The smallest absolute Gasteiger partial charge is 0.331 e. The van der Waals surface area contributed by atoms with Crippen LogP contribution in [-0.4, -0.2) is 85.8 Å². The van der Waals surface area contributed by atoms with Crippen molar-refractivity contribution in [3.63, 3.8) is 0 Å². The normalized spacial score (nSPS) is 43.7. The average Bonchev–Trinajstić information content (AvgIpc) is 3.69. The van der Waals surface area contributed by atoms with Gasteiger partial charge in [-0.3, -0.25) is 14.4 Å². The third-order valence-corrected chi connectivity index (χ3v) is 13.2. The maximum absolute atomic E-state index is 14.5. The van der Waals surface area contributed by atoms with Gasteiger partial charge in [0.05, 0.1) is 23.7 Å². The molecular weight excluding hydrogens is 632 g/mol. The lowest BCUT2D eigenvalue weighted by molar-refractivity contribution is -0.371. The minimum atomic E-state index is -1.68. The molecule has 13 nitrogen and oxygen atoms in total. The minimum Gasteiger partial charge on any atom is -0.461 e. The molecule has 2 saturated carbocycles. The van der Waals surface area contributed by atoms with Gasteiger partial charge in [-0.15, -0.1) is 0 Å². The zero-order valence-corrected chi connectivity index (χ0v) is 29.1. The van der Waals surface area contributed by atoms with Crippen LogP contribution < -0.4 is 10.6 Å². The summed E-state index contributed by atoms with van der Waals surface area (Å²) in [6.45, 7) is 9.38. The molecule has 0 radical (unpaired) electrons. The first-order chi connectivity index (χ1) is 23.2. The molecule has 3 aliphatic heterocycles. The second-order valence-electron chi connectivity index (χ2n) is 15.9. The van der Waals surface area contributed by atoms with E-state index in [9.17, 15) is 29.4 Å². The Labute approximate surface area is 286 Å². The number of hydrogen-bond acceptors (Lipinski definition) is 10. The van der Waals surface area contributed by atoms with Gasteiger partial charge < -0.3 is 39.6 Å². The van der Waals surface area contributed by atoms with E-state index < -0.39 is 65.4 Å². The lowest BCUT2D eigenvalue weighted by atomic mass is 9.59. The number of imidazole rings is 1. The van der Waals surface area contributed by atoms with Crippen LogP contribution in [0.2, 0.25) is 0 Å². The van der Waals surface area contributed by atoms with Crippen molar-refractivity contribution in [3.8, 4) is 0 Å². The van der Waals surface area contributed by atoms with Gasteiger partial charge in [0.25, 0.3) is 0 Å². The summed E-state index contributed by atoms with van der Waals surface area (Å²) in [6, 6.07) is -1.16. The van der Waals surface area contributed by atoms with Gasteiger partial charge in [-0.1, -0.05) is 25.5 Å². The molecule has 3 saturated heterocycles. The van der Waals surface area contributed by atoms with E-state index in [2.05, 4.69) is 35.5 Å². The molecule has 1 unspecified atom stereocenters. The monoisotopic (exact) mass is 682 g/mol. The van der Waals surface area contributed by atoms with E-state index in [0.717, 1.165) is 12.0 Å². The number of hydrogen-bond donors (Lipinski definition) is 4. The van der Waals surface area contributed by atoms with Gasteiger partial charge in [-0.2, -0.15) is 0 Å². The number of aliphatic hydroxyl groups is 2. The Morgan fingerprint density at radius 2 is 1.94 bits per heavy atom. The Hall–Kier alpha value is -3.29. The third kappa shape index (κ3) is 5.33. The molecule has 0 aromatic carbocycles. The van der Waals surface area contributed by atoms with E-state index in [1.807, 2.05) is 13.8 Å². The van der Waals surface area contributed by atoms with Crippen LogP contribution in [-0.2, 0) is 46.9 Å². The molecule has 5 fully saturated rings. The summed E-state index contributed by atoms with van der Waals surface area (Å²) < 4.78 is 21.6. The molecule has 0 spiro atoms. The summed E-state index contributed by atoms with van der Waals surface area (Å²) in [6.07, 6.45) is 5.36. The first-order valence-corrected chi connectivity index (χ1v) is 17.8. The third-order valence-electron chi connectivity index (χ3n) is 13.2. The highest BCUT2D eigenvalue weighted by molar-refractivity contribution is 5.86. The van der Waals surface area contributed by atoms with Gasteiger partial charge in [0.1, 0.15) is 23.9 Å². The van der Waals surface area contributed by atoms with E-state index in [-0.39, 0.29) is 66.7 Å². The van der Waals surface area contributed by atoms with Crippen LogP contribution in [0.15, 0.2) is 24.0 Å². The van der Waals surface area contributed by atoms with Gasteiger partial charge in [-0.25, -0.2) is 9.78 Å². The molecule has 49 heavy (non-hydrogen) atoms. The number of nitrogens with one attached hydrogen (secondary N) is 2. The van der Waals surface area contributed by atoms with Crippen LogP contribution in [0.1, 0.15) is 66.1 Å². The molecule has 1 aromatic heterocycles. The zero-order chi connectivity index (χ0) is 35.2. The van der Waals surface area contributed by atoms with E-state index in [1.54, 1.807) is 24.0 Å². The highest BCUT2D eigenvalue weighted by Gasteiger charge is 2.76. The molecule has 6 aliphatic rings. The number of ether oxygens (including phenoxy) is 3. The minimum absolute atomic E-state index is 0.0287. The molecule has 268 valence electrons. The quantitative estimate of drug-likeness (QED) is 0.232. The van der Waals surface area contributed by atoms with Gasteiger partial charge in [0, 0.05) is 57.6 Å². The number of carbonyl (C=O) groups is 4. The topological polar surface area (TPSA) is 178 Å². The Morgan fingerprint density at radius 1 is 1.18 bits per heavy atom. The molecule has 13 heteroatoms. The van der Waals surface area contributed by atoms with Crippen LogP contribution in [0.5, 0.6) is 0 Å². The average molecular weight is 683 g/mol. The Balaban J connectivity index is 1.27. The van der Waals surface area contributed by atoms with Gasteiger partial charge in [0.15, 0.2) is 0 Å². The number of amides is 2. The maximum Gasteiger partial charge on any atom is 0.331 e. The predicted molar refractivity (Wildman–Crippen MR) is 173 cm³/mol. The van der Waals surface area contributed by atoms with Crippen molar-refractivity contribution in [1.82, 2.24) is 20.2 Å². The molecule has 1 aromatic rings. The largest absolute Gasteiger partial charge is 0.461 e. The number of aromatic nitrogens is 2. The highest BCUT2D eigenvalue weighted by atomic mass is 16.7. The van der Waals surface area contributed by atoms with Gasteiger partial charge in [0.2, 0.25) is 17.6 Å². The van der Waals surface area contributed by atoms with Crippen molar-refractivity contribution >= 4 is 23.8 Å². The summed E-state index contributed by atoms with van der Waals surface area (Å²) in [7, 11) is 1.79. The highest BCUT2D eigenvalue weighted by Crippen LogP contribution is 2.69. The van der Waals surface area contributed by atoms with E-state index in [4.69, 9.17) is 14.2 Å². The van der Waals surface area contributed by atoms with Gasteiger partial charge in [-0.05, 0) is 62.7 Å². The fourth-order valence-electron chi connectivity index (χ4n) is 10.7. The Morgan fingerprint density at radius 3 is 2.63 bits per heavy atom. The first kappa shape index (κ1) is 34.2. The van der Waals surface area contributed by atoms with Crippen LogP contribution in [0, 0.1) is 53.3 Å². The number of esters is 2. The predicted octanol–water partition coefficient (Wildman–Crippen LogP) is 1.41. The number of rotatable bonds is 8. The van der Waals surface area contributed by atoms with E-state index in [1.165, 1.54) is 6.92 Å². The maximum atomic E-state index is 14.5. The summed E-state index contributed by atoms with van der Waals surface area (Å²) in [4.78, 5) is 57.7. The fraction of sp³-hybridized carbons (Fsp3) is 0.750. The molecule has 7 rings (SSSR count). The lowest BCUT2D eigenvalue weighted by Gasteiger charge is -2.58. The molecule has 2 amide bonds. The number of fused-ring (bicyclic) bond motifs is 9. The van der Waals surface area contributed by atoms with Crippen molar-refractivity contribution in [2.75, 3.05) is 6.54 Å². The van der Waals surface area contributed by atoms with Crippen molar-refractivity contribution in [2.24, 2.45) is 60.3 Å². The lowest BCUT2D eigenvalue weighted by Crippen LogP contribution is -2.70. The molecule has 4 heterocycles. The second kappa shape index (κ2) is 12.2. The van der Waals surface area contributed by atoms with E-state index >= 15 is 0 Å². The van der Waals surface area contributed by atoms with Crippen molar-refractivity contribution in [1.29, 1.82) is 0 Å². The van der Waals surface area contributed by atoms with Crippen LogP contribution in [0.25, 0.3) is 0 Å². The number of nitrogens with zero attached hydrogens (tertiary/aromatic N) is 2. The summed E-state index contributed by atoms with van der Waals surface area (Å²) in [5.74, 6) is -5.92. The molecule has 4 N–H and O–H groups in total. The number of carbonyl (C=O) groups excluding carboxylic acids is 4. The summed E-state index contributed by atoms with van der Waals surface area (Å²) in [5, 5.41) is 28.2. The molecule has 3 bridgehead atoms.